The lowest BCUT2D eigenvalue weighted by Crippen LogP contribution is -2.12. The maximum absolute atomic E-state index is 12.1. The molecule has 3 nitrogen and oxygen atoms in total. The summed E-state index contributed by atoms with van der Waals surface area (Å²) in [5, 5.41) is 0. The molecule has 0 saturated carbocycles. The van der Waals surface area contributed by atoms with E-state index < -0.39 is 10.0 Å². The molecule has 2 rings (SSSR count). The molecule has 0 aliphatic carbocycles. The number of benzene rings is 2. The minimum Gasteiger partial charge on any atom is -0.280 e. The van der Waals surface area contributed by atoms with E-state index in [0.29, 0.717) is 11.3 Å². The maximum atomic E-state index is 12.1. The van der Waals surface area contributed by atoms with E-state index in [2.05, 4.69) is 26.6 Å². The minimum absolute atomic E-state index is 0.196. The lowest BCUT2D eigenvalue weighted by molar-refractivity contribution is 0.601. The van der Waals surface area contributed by atoms with E-state index in [1.165, 1.54) is 12.1 Å². The number of nitrogens with one attached hydrogen (secondary N) is 1. The molecule has 0 amide bonds. The van der Waals surface area contributed by atoms with Crippen molar-refractivity contribution in [2.75, 3.05) is 4.72 Å². The number of rotatable bonds is 3. The lowest BCUT2D eigenvalue weighted by Gasteiger charge is -2.08. The van der Waals surface area contributed by atoms with Crippen LogP contribution in [0.4, 0.5) is 5.69 Å². The third kappa shape index (κ3) is 3.37. The molecular formula is C14H10BrNO2S. The Kier molecular flexibility index (Phi) is 3.93. The zero-order valence-electron chi connectivity index (χ0n) is 9.80. The second kappa shape index (κ2) is 5.47. The van der Waals surface area contributed by atoms with Crippen molar-refractivity contribution >= 4 is 31.6 Å². The molecule has 1 N–H and O–H groups in total. The highest BCUT2D eigenvalue weighted by Crippen LogP contribution is 2.19. The first-order valence-electron chi connectivity index (χ1n) is 5.36. The molecular weight excluding hydrogens is 326 g/mol. The molecule has 0 spiro atoms. The topological polar surface area (TPSA) is 46.2 Å². The van der Waals surface area contributed by atoms with Crippen LogP contribution in [0.2, 0.25) is 0 Å². The molecule has 0 heterocycles. The van der Waals surface area contributed by atoms with Crippen LogP contribution in [0, 0.1) is 12.3 Å². The van der Waals surface area contributed by atoms with Crippen LogP contribution >= 0.6 is 15.9 Å². The number of anilines is 1. The Labute approximate surface area is 120 Å². The van der Waals surface area contributed by atoms with Gasteiger partial charge in [-0.05, 0) is 42.5 Å². The van der Waals surface area contributed by atoms with Crippen molar-refractivity contribution in [3.63, 3.8) is 0 Å². The van der Waals surface area contributed by atoms with Crippen LogP contribution < -0.4 is 4.72 Å². The van der Waals surface area contributed by atoms with E-state index in [4.69, 9.17) is 6.42 Å². The van der Waals surface area contributed by atoms with Gasteiger partial charge in [0.15, 0.2) is 0 Å². The van der Waals surface area contributed by atoms with Crippen molar-refractivity contribution in [2.24, 2.45) is 0 Å². The predicted molar refractivity (Wildman–Crippen MR) is 79.3 cm³/mol. The molecule has 0 atom stereocenters. The van der Waals surface area contributed by atoms with Gasteiger partial charge in [0.2, 0.25) is 0 Å². The van der Waals surface area contributed by atoms with E-state index in [0.717, 1.165) is 4.47 Å². The fourth-order valence-corrected chi connectivity index (χ4v) is 2.81. The van der Waals surface area contributed by atoms with Gasteiger partial charge in [-0.1, -0.05) is 27.9 Å². The van der Waals surface area contributed by atoms with Gasteiger partial charge in [-0.3, -0.25) is 4.72 Å². The lowest BCUT2D eigenvalue weighted by atomic mass is 10.2. The zero-order chi connectivity index (χ0) is 13.9. The molecule has 0 saturated heterocycles. The Morgan fingerprint density at radius 1 is 1.11 bits per heavy atom. The first kappa shape index (κ1) is 13.7. The molecule has 0 bridgehead atoms. The van der Waals surface area contributed by atoms with Gasteiger partial charge in [-0.2, -0.15) is 0 Å². The third-order valence-electron chi connectivity index (χ3n) is 2.41. The van der Waals surface area contributed by atoms with Crippen molar-refractivity contribution in [2.45, 2.75) is 4.90 Å². The average Bonchev–Trinajstić information content (AvgIpc) is 2.39. The normalized spacial score (nSPS) is 10.7. The van der Waals surface area contributed by atoms with Gasteiger partial charge in [-0.15, -0.1) is 6.42 Å². The summed E-state index contributed by atoms with van der Waals surface area (Å²) in [4.78, 5) is 0.196. The van der Waals surface area contributed by atoms with E-state index in [-0.39, 0.29) is 4.90 Å². The van der Waals surface area contributed by atoms with Crippen molar-refractivity contribution in [1.29, 1.82) is 0 Å². The van der Waals surface area contributed by atoms with Crippen LogP contribution in [0.1, 0.15) is 5.56 Å². The quantitative estimate of drug-likeness (QED) is 0.875. The number of hydrogen-bond acceptors (Lipinski definition) is 2. The summed E-state index contributed by atoms with van der Waals surface area (Å²) in [5.41, 5.74) is 1.06. The average molecular weight is 336 g/mol. The van der Waals surface area contributed by atoms with Crippen molar-refractivity contribution in [3.8, 4) is 12.3 Å². The van der Waals surface area contributed by atoms with E-state index in [9.17, 15) is 8.42 Å². The van der Waals surface area contributed by atoms with Gasteiger partial charge >= 0.3 is 0 Å². The Morgan fingerprint density at radius 2 is 1.79 bits per heavy atom. The smallest absolute Gasteiger partial charge is 0.261 e. The van der Waals surface area contributed by atoms with E-state index in [1.807, 2.05) is 0 Å². The molecule has 0 unspecified atom stereocenters. The molecule has 0 radical (unpaired) electrons. The summed E-state index contributed by atoms with van der Waals surface area (Å²) < 4.78 is 27.6. The van der Waals surface area contributed by atoms with Gasteiger partial charge in [0.1, 0.15) is 0 Å². The van der Waals surface area contributed by atoms with Crippen LogP contribution in [-0.2, 0) is 10.0 Å². The molecule has 2 aromatic rings. The zero-order valence-corrected chi connectivity index (χ0v) is 12.2. The van der Waals surface area contributed by atoms with Crippen LogP contribution in [0.3, 0.4) is 0 Å². The molecule has 5 heteroatoms. The van der Waals surface area contributed by atoms with Crippen LogP contribution in [0.15, 0.2) is 57.9 Å². The van der Waals surface area contributed by atoms with Gasteiger partial charge in [0.05, 0.1) is 10.6 Å². The molecule has 0 aliphatic rings. The second-order valence-corrected chi connectivity index (χ2v) is 6.38. The summed E-state index contributed by atoms with van der Waals surface area (Å²) in [5.74, 6) is 2.46. The summed E-state index contributed by atoms with van der Waals surface area (Å²) >= 11 is 3.26. The Hall–Kier alpha value is -1.77. The van der Waals surface area contributed by atoms with Crippen molar-refractivity contribution in [1.82, 2.24) is 0 Å². The first-order chi connectivity index (χ1) is 9.01. The van der Waals surface area contributed by atoms with Crippen molar-refractivity contribution < 1.29 is 8.42 Å². The number of terminal acetylenes is 1. The van der Waals surface area contributed by atoms with Gasteiger partial charge in [0.25, 0.3) is 10.0 Å². The largest absolute Gasteiger partial charge is 0.280 e. The summed E-state index contributed by atoms with van der Waals surface area (Å²) in [6.45, 7) is 0. The number of hydrogen-bond donors (Lipinski definition) is 1. The van der Waals surface area contributed by atoms with E-state index in [1.54, 1.807) is 36.4 Å². The van der Waals surface area contributed by atoms with Gasteiger partial charge in [0, 0.05) is 10.0 Å². The Bertz CT molecular complexity index is 731. The molecule has 19 heavy (non-hydrogen) atoms. The number of halogens is 1. The summed E-state index contributed by atoms with van der Waals surface area (Å²) in [6, 6.07) is 13.1. The number of sulfonamides is 1. The highest BCUT2D eigenvalue weighted by molar-refractivity contribution is 9.10. The molecule has 0 aromatic heterocycles. The van der Waals surface area contributed by atoms with Gasteiger partial charge in [-0.25, -0.2) is 8.42 Å². The fraction of sp³-hybridized carbons (Fsp3) is 0. The highest BCUT2D eigenvalue weighted by atomic mass is 79.9. The minimum atomic E-state index is -3.59. The van der Waals surface area contributed by atoms with Crippen LogP contribution in [-0.4, -0.2) is 8.42 Å². The molecule has 0 aliphatic heterocycles. The Morgan fingerprint density at radius 3 is 2.42 bits per heavy atom. The predicted octanol–water partition coefficient (Wildman–Crippen LogP) is 3.23. The van der Waals surface area contributed by atoms with E-state index >= 15 is 0 Å². The second-order valence-electron chi connectivity index (χ2n) is 3.78. The fourth-order valence-electron chi connectivity index (χ4n) is 1.50. The monoisotopic (exact) mass is 335 g/mol. The maximum Gasteiger partial charge on any atom is 0.261 e. The molecule has 0 fully saturated rings. The summed E-state index contributed by atoms with van der Waals surface area (Å²) in [6.07, 6.45) is 5.28. The molecule has 96 valence electrons. The van der Waals surface area contributed by atoms with Gasteiger partial charge < -0.3 is 0 Å². The standard InChI is InChI=1S/C14H10BrNO2S/c1-2-11-4-3-5-13(10-11)16-19(17,18)14-8-6-12(15)7-9-14/h1,3-10,16H. The Balaban J connectivity index is 2.31. The SMILES string of the molecule is C#Cc1cccc(NS(=O)(=O)c2ccc(Br)cc2)c1. The third-order valence-corrected chi connectivity index (χ3v) is 4.33. The molecule has 2 aromatic carbocycles. The first-order valence-corrected chi connectivity index (χ1v) is 7.64. The summed E-state index contributed by atoms with van der Waals surface area (Å²) in [7, 11) is -3.59. The van der Waals surface area contributed by atoms with Crippen molar-refractivity contribution in [3.05, 3.63) is 58.6 Å². The van der Waals surface area contributed by atoms with Crippen LogP contribution in [0.5, 0.6) is 0 Å². The van der Waals surface area contributed by atoms with Crippen LogP contribution in [0.25, 0.3) is 0 Å². The highest BCUT2D eigenvalue weighted by Gasteiger charge is 2.13.